The average molecular weight is 465 g/mol. The molecule has 0 spiro atoms. The van der Waals surface area contributed by atoms with E-state index >= 15 is 0 Å². The lowest BCUT2D eigenvalue weighted by molar-refractivity contribution is 0.102. The molecule has 3 rings (SSSR count). The van der Waals surface area contributed by atoms with E-state index in [9.17, 15) is 4.79 Å². The molecule has 186 valence electrons. The first-order valence-corrected chi connectivity index (χ1v) is 13.2. The van der Waals surface area contributed by atoms with Crippen molar-refractivity contribution in [2.75, 3.05) is 23.8 Å². The largest absolute Gasteiger partial charge is 0.374 e. The van der Waals surface area contributed by atoms with E-state index in [-0.39, 0.29) is 5.91 Å². The molecule has 1 aromatic heterocycles. The molecule has 34 heavy (non-hydrogen) atoms. The third-order valence-electron chi connectivity index (χ3n) is 7.26. The summed E-state index contributed by atoms with van der Waals surface area (Å²) >= 11 is 0. The SMILES string of the molecule is CCc1ccc(C(=O)Nc2cc(C)nc(C)n2)c(N(C)CCC2(CCCCCC(C)C)CC2)c1. The predicted molar refractivity (Wildman–Crippen MR) is 143 cm³/mol. The van der Waals surface area contributed by atoms with Gasteiger partial charge < -0.3 is 10.2 Å². The van der Waals surface area contributed by atoms with Crippen molar-refractivity contribution in [1.29, 1.82) is 0 Å². The number of unbranched alkanes of at least 4 members (excludes halogenated alkanes) is 2. The van der Waals surface area contributed by atoms with E-state index in [0.717, 1.165) is 30.3 Å². The second-order valence-electron chi connectivity index (χ2n) is 10.8. The molecule has 1 saturated carbocycles. The Labute approximate surface area is 206 Å². The molecular weight excluding hydrogens is 420 g/mol. The second-order valence-corrected chi connectivity index (χ2v) is 10.8. The number of nitrogens with one attached hydrogen (secondary N) is 1. The van der Waals surface area contributed by atoms with E-state index in [2.05, 4.69) is 60.1 Å². The van der Waals surface area contributed by atoms with Gasteiger partial charge in [-0.25, -0.2) is 9.97 Å². The zero-order valence-corrected chi connectivity index (χ0v) is 22.2. The van der Waals surface area contributed by atoms with Crippen LogP contribution in [0.2, 0.25) is 0 Å². The van der Waals surface area contributed by atoms with Crippen LogP contribution < -0.4 is 10.2 Å². The van der Waals surface area contributed by atoms with Crippen molar-refractivity contribution >= 4 is 17.4 Å². The van der Waals surface area contributed by atoms with E-state index in [0.29, 0.717) is 22.6 Å². The summed E-state index contributed by atoms with van der Waals surface area (Å²) in [5.74, 6) is 1.91. The van der Waals surface area contributed by atoms with Gasteiger partial charge in [0, 0.05) is 31.0 Å². The summed E-state index contributed by atoms with van der Waals surface area (Å²) in [5.41, 5.74) is 4.34. The maximum Gasteiger partial charge on any atom is 0.258 e. The van der Waals surface area contributed by atoms with Gasteiger partial charge in [0.1, 0.15) is 11.6 Å². The lowest BCUT2D eigenvalue weighted by Crippen LogP contribution is -2.25. The summed E-state index contributed by atoms with van der Waals surface area (Å²) in [4.78, 5) is 24.2. The molecule has 0 unspecified atom stereocenters. The molecule has 2 aromatic rings. The van der Waals surface area contributed by atoms with Crippen LogP contribution in [0.25, 0.3) is 0 Å². The van der Waals surface area contributed by atoms with Crippen LogP contribution in [0.1, 0.15) is 99.6 Å². The molecular formula is C29H44N4O. The van der Waals surface area contributed by atoms with Crippen LogP contribution in [0.5, 0.6) is 0 Å². The number of aryl methyl sites for hydroxylation is 3. The fourth-order valence-electron chi connectivity index (χ4n) is 4.83. The molecule has 5 heteroatoms. The molecule has 1 fully saturated rings. The van der Waals surface area contributed by atoms with Crippen molar-refractivity contribution in [2.45, 2.75) is 92.4 Å². The summed E-state index contributed by atoms with van der Waals surface area (Å²) in [5, 5.41) is 2.99. The molecule has 1 aromatic carbocycles. The van der Waals surface area contributed by atoms with Gasteiger partial charge in [0.2, 0.25) is 0 Å². The quantitative estimate of drug-likeness (QED) is 0.321. The van der Waals surface area contributed by atoms with Crippen molar-refractivity contribution in [3.63, 3.8) is 0 Å². The van der Waals surface area contributed by atoms with Crippen LogP contribution in [0.3, 0.4) is 0 Å². The normalized spacial score (nSPS) is 14.3. The number of carbonyl (C=O) groups excluding carboxylic acids is 1. The van der Waals surface area contributed by atoms with Crippen molar-refractivity contribution in [1.82, 2.24) is 9.97 Å². The van der Waals surface area contributed by atoms with E-state index in [1.165, 1.54) is 56.9 Å². The second kappa shape index (κ2) is 11.8. The molecule has 0 atom stereocenters. The van der Waals surface area contributed by atoms with E-state index in [4.69, 9.17) is 0 Å². The highest BCUT2D eigenvalue weighted by molar-refractivity contribution is 6.07. The Hall–Kier alpha value is -2.43. The van der Waals surface area contributed by atoms with Gasteiger partial charge in [0.25, 0.3) is 5.91 Å². The number of nitrogens with zero attached hydrogens (tertiary/aromatic N) is 3. The smallest absolute Gasteiger partial charge is 0.258 e. The molecule has 5 nitrogen and oxygen atoms in total. The number of rotatable bonds is 13. The molecule has 0 aliphatic heterocycles. The van der Waals surface area contributed by atoms with Crippen LogP contribution in [-0.2, 0) is 6.42 Å². The van der Waals surface area contributed by atoms with Crippen LogP contribution in [0.4, 0.5) is 11.5 Å². The summed E-state index contributed by atoms with van der Waals surface area (Å²) < 4.78 is 0. The average Bonchev–Trinajstić information content (AvgIpc) is 3.56. The molecule has 1 heterocycles. The van der Waals surface area contributed by atoms with Crippen molar-refractivity contribution in [3.05, 3.63) is 46.9 Å². The molecule has 1 aliphatic rings. The highest BCUT2D eigenvalue weighted by atomic mass is 16.1. The monoisotopic (exact) mass is 464 g/mol. The molecule has 1 N–H and O–H groups in total. The summed E-state index contributed by atoms with van der Waals surface area (Å²) in [6.07, 6.45) is 11.7. The molecule has 0 saturated heterocycles. The summed E-state index contributed by atoms with van der Waals surface area (Å²) in [7, 11) is 2.13. The third kappa shape index (κ3) is 7.54. The Kier molecular flexibility index (Phi) is 9.10. The maximum atomic E-state index is 13.2. The van der Waals surface area contributed by atoms with Gasteiger partial charge >= 0.3 is 0 Å². The van der Waals surface area contributed by atoms with E-state index < -0.39 is 0 Å². The van der Waals surface area contributed by atoms with Crippen molar-refractivity contribution in [3.8, 4) is 0 Å². The van der Waals surface area contributed by atoms with Gasteiger partial charge in [0.15, 0.2) is 0 Å². The fraction of sp³-hybridized carbons (Fsp3) is 0.621. The predicted octanol–water partition coefficient (Wildman–Crippen LogP) is 7.12. The lowest BCUT2D eigenvalue weighted by atomic mass is 9.93. The lowest BCUT2D eigenvalue weighted by Gasteiger charge is -2.25. The fourth-order valence-corrected chi connectivity index (χ4v) is 4.83. The van der Waals surface area contributed by atoms with Crippen LogP contribution in [-0.4, -0.2) is 29.5 Å². The number of hydrogen-bond donors (Lipinski definition) is 1. The zero-order valence-electron chi connectivity index (χ0n) is 22.2. The number of aromatic nitrogens is 2. The minimum atomic E-state index is -0.117. The number of hydrogen-bond acceptors (Lipinski definition) is 4. The Morgan fingerprint density at radius 1 is 1.09 bits per heavy atom. The summed E-state index contributed by atoms with van der Waals surface area (Å²) in [6.45, 7) is 11.5. The maximum absolute atomic E-state index is 13.2. The van der Waals surface area contributed by atoms with Crippen LogP contribution in [0, 0.1) is 25.2 Å². The van der Waals surface area contributed by atoms with Crippen LogP contribution in [0.15, 0.2) is 24.3 Å². The Morgan fingerprint density at radius 3 is 2.50 bits per heavy atom. The third-order valence-corrected chi connectivity index (χ3v) is 7.26. The van der Waals surface area contributed by atoms with Gasteiger partial charge in [-0.15, -0.1) is 0 Å². The molecule has 0 bridgehead atoms. The first-order chi connectivity index (χ1) is 16.2. The number of anilines is 2. The first kappa shape index (κ1) is 26.2. The minimum Gasteiger partial charge on any atom is -0.374 e. The first-order valence-electron chi connectivity index (χ1n) is 13.2. The number of benzene rings is 1. The topological polar surface area (TPSA) is 58.1 Å². The zero-order chi connectivity index (χ0) is 24.7. The Bertz CT molecular complexity index is 944. The highest BCUT2D eigenvalue weighted by Crippen LogP contribution is 2.53. The highest BCUT2D eigenvalue weighted by Gasteiger charge is 2.41. The Balaban J connectivity index is 1.64. The van der Waals surface area contributed by atoms with Gasteiger partial charge in [-0.2, -0.15) is 0 Å². The number of carbonyl (C=O) groups is 1. The molecule has 1 amide bonds. The van der Waals surface area contributed by atoms with Gasteiger partial charge in [-0.05, 0) is 75.0 Å². The van der Waals surface area contributed by atoms with Gasteiger partial charge in [0.05, 0.1) is 5.56 Å². The summed E-state index contributed by atoms with van der Waals surface area (Å²) in [6, 6.07) is 8.01. The standard InChI is InChI=1S/C29H44N4O/c1-7-24-12-13-25(28(34)32-27-19-22(4)30-23(5)31-27)26(20-24)33(6)18-17-29(15-16-29)14-10-8-9-11-21(2)3/h12-13,19-21H,7-11,14-18H2,1-6H3,(H,30,31,32,34). The minimum absolute atomic E-state index is 0.117. The van der Waals surface area contributed by atoms with E-state index in [1.807, 2.05) is 26.0 Å². The molecule has 0 radical (unpaired) electrons. The molecule has 1 aliphatic carbocycles. The Morgan fingerprint density at radius 2 is 1.85 bits per heavy atom. The van der Waals surface area contributed by atoms with Crippen molar-refractivity contribution in [2.24, 2.45) is 11.3 Å². The van der Waals surface area contributed by atoms with Gasteiger partial charge in [-0.1, -0.05) is 52.5 Å². The van der Waals surface area contributed by atoms with Gasteiger partial charge in [-0.3, -0.25) is 4.79 Å². The van der Waals surface area contributed by atoms with Crippen molar-refractivity contribution < 1.29 is 4.79 Å². The van der Waals surface area contributed by atoms with E-state index in [1.54, 1.807) is 0 Å². The van der Waals surface area contributed by atoms with Crippen LogP contribution >= 0.6 is 0 Å². The number of amides is 1.